The second-order valence-corrected chi connectivity index (χ2v) is 7.00. The fraction of sp³-hybridized carbons (Fsp3) is 0.188. The third kappa shape index (κ3) is 3.45. The zero-order valence-corrected chi connectivity index (χ0v) is 14.7. The largest absolute Gasteiger partial charge is 0.495 e. The van der Waals surface area contributed by atoms with Crippen LogP contribution in [0.2, 0.25) is 0 Å². The molecule has 2 aromatic rings. The van der Waals surface area contributed by atoms with Crippen LogP contribution in [0.5, 0.6) is 5.75 Å². The van der Waals surface area contributed by atoms with Crippen LogP contribution >= 0.6 is 0 Å². The number of para-hydroxylation sites is 3. The van der Waals surface area contributed by atoms with Crippen LogP contribution in [0.3, 0.4) is 0 Å². The highest BCUT2D eigenvalue weighted by atomic mass is 32.2. The van der Waals surface area contributed by atoms with Crippen molar-refractivity contribution in [3.63, 3.8) is 0 Å². The molecule has 0 heterocycles. The predicted octanol–water partition coefficient (Wildman–Crippen LogP) is 2.27. The van der Waals surface area contributed by atoms with Crippen molar-refractivity contribution in [2.45, 2.75) is 17.9 Å². The molecule has 0 bridgehead atoms. The molecule has 1 N–H and O–H groups in total. The standard InChI is InChI=1S/C16H16N2O7S/c1-11(16(19)20)17(12-7-3-5-9-14(12)25-2)26(23,24)15-10-6-4-8-13(15)18(21)22/h3-11H,1-2H3,(H,19,20). The maximum absolute atomic E-state index is 13.2. The van der Waals surface area contributed by atoms with Gasteiger partial charge in [-0.05, 0) is 25.1 Å². The van der Waals surface area contributed by atoms with Gasteiger partial charge >= 0.3 is 5.97 Å². The molecule has 0 saturated heterocycles. The normalized spacial score (nSPS) is 12.2. The van der Waals surface area contributed by atoms with E-state index in [4.69, 9.17) is 4.74 Å². The number of sulfonamides is 1. The van der Waals surface area contributed by atoms with Crippen LogP contribution in [0.1, 0.15) is 6.92 Å². The summed E-state index contributed by atoms with van der Waals surface area (Å²) >= 11 is 0. The Morgan fingerprint density at radius 3 is 2.35 bits per heavy atom. The number of methoxy groups -OCH3 is 1. The minimum atomic E-state index is -4.58. The molecule has 26 heavy (non-hydrogen) atoms. The van der Waals surface area contributed by atoms with Gasteiger partial charge in [0, 0.05) is 6.07 Å². The van der Waals surface area contributed by atoms with Crippen LogP contribution in [0.15, 0.2) is 53.4 Å². The third-order valence-corrected chi connectivity index (χ3v) is 5.56. The molecule has 0 aliphatic carbocycles. The van der Waals surface area contributed by atoms with Crippen LogP contribution in [0.4, 0.5) is 11.4 Å². The first-order valence-corrected chi connectivity index (χ1v) is 8.79. The molecule has 0 spiro atoms. The second kappa shape index (κ2) is 7.40. The summed E-state index contributed by atoms with van der Waals surface area (Å²) in [5, 5.41) is 20.6. The third-order valence-electron chi connectivity index (χ3n) is 3.63. The highest BCUT2D eigenvalue weighted by Gasteiger charge is 2.38. The molecule has 2 rings (SSSR count). The van der Waals surface area contributed by atoms with Crippen molar-refractivity contribution in [3.8, 4) is 5.75 Å². The van der Waals surface area contributed by atoms with E-state index in [1.54, 1.807) is 6.07 Å². The Morgan fingerprint density at radius 2 is 1.77 bits per heavy atom. The summed E-state index contributed by atoms with van der Waals surface area (Å²) < 4.78 is 32.1. The fourth-order valence-corrected chi connectivity index (χ4v) is 4.18. The van der Waals surface area contributed by atoms with Gasteiger partial charge in [0.2, 0.25) is 0 Å². The topological polar surface area (TPSA) is 127 Å². The molecule has 10 heteroatoms. The summed E-state index contributed by atoms with van der Waals surface area (Å²) in [7, 11) is -3.27. The van der Waals surface area contributed by atoms with Crippen LogP contribution in [0, 0.1) is 10.1 Å². The van der Waals surface area contributed by atoms with E-state index < -0.39 is 37.5 Å². The lowest BCUT2D eigenvalue weighted by Crippen LogP contribution is -2.43. The van der Waals surface area contributed by atoms with Crippen molar-refractivity contribution < 1.29 is 28.0 Å². The van der Waals surface area contributed by atoms with E-state index in [1.807, 2.05) is 0 Å². The van der Waals surface area contributed by atoms with Gasteiger partial charge in [0.05, 0.1) is 17.7 Å². The lowest BCUT2D eigenvalue weighted by atomic mass is 10.2. The first-order valence-electron chi connectivity index (χ1n) is 7.35. The maximum atomic E-state index is 13.2. The summed E-state index contributed by atoms with van der Waals surface area (Å²) in [6, 6.07) is 9.14. The molecule has 0 amide bonds. The van der Waals surface area contributed by atoms with Crippen molar-refractivity contribution in [3.05, 3.63) is 58.6 Å². The number of nitro benzene ring substituents is 1. The fourth-order valence-electron chi connectivity index (χ4n) is 2.39. The molecule has 2 aromatic carbocycles. The van der Waals surface area contributed by atoms with Gasteiger partial charge in [-0.3, -0.25) is 10.1 Å². The lowest BCUT2D eigenvalue weighted by Gasteiger charge is -2.29. The van der Waals surface area contributed by atoms with Crippen LogP contribution < -0.4 is 9.04 Å². The number of benzene rings is 2. The molecule has 0 saturated carbocycles. The Hall–Kier alpha value is -3.14. The van der Waals surface area contributed by atoms with E-state index in [-0.39, 0.29) is 11.4 Å². The average molecular weight is 380 g/mol. The van der Waals surface area contributed by atoms with Crippen LogP contribution in [-0.2, 0) is 14.8 Å². The second-order valence-electron chi connectivity index (χ2n) is 5.21. The number of carbonyl (C=O) groups is 1. The molecule has 138 valence electrons. The van der Waals surface area contributed by atoms with Crippen molar-refractivity contribution in [1.29, 1.82) is 0 Å². The highest BCUT2D eigenvalue weighted by molar-refractivity contribution is 7.93. The van der Waals surface area contributed by atoms with Gasteiger partial charge in [0.15, 0.2) is 4.90 Å². The number of hydrogen-bond donors (Lipinski definition) is 1. The maximum Gasteiger partial charge on any atom is 0.327 e. The van der Waals surface area contributed by atoms with E-state index in [0.29, 0.717) is 4.31 Å². The zero-order valence-electron chi connectivity index (χ0n) is 13.9. The number of carboxylic acids is 1. The van der Waals surface area contributed by atoms with E-state index in [1.165, 1.54) is 44.4 Å². The first kappa shape index (κ1) is 19.2. The SMILES string of the molecule is COc1ccccc1N(C(C)C(=O)O)S(=O)(=O)c1ccccc1[N+](=O)[O-]. The number of anilines is 1. The zero-order chi connectivity index (χ0) is 19.5. The Bertz CT molecular complexity index is 943. The van der Waals surface area contributed by atoms with Crippen LogP contribution in [0.25, 0.3) is 0 Å². The Balaban J connectivity index is 2.78. The first-order chi connectivity index (χ1) is 12.2. The molecule has 1 atom stereocenters. The Kier molecular flexibility index (Phi) is 5.46. The van der Waals surface area contributed by atoms with E-state index in [0.717, 1.165) is 12.1 Å². The average Bonchev–Trinajstić information content (AvgIpc) is 2.61. The summed E-state index contributed by atoms with van der Waals surface area (Å²) in [5.41, 5.74) is -0.687. The lowest BCUT2D eigenvalue weighted by molar-refractivity contribution is -0.387. The van der Waals surface area contributed by atoms with Crippen molar-refractivity contribution in [2.24, 2.45) is 0 Å². The number of rotatable bonds is 7. The molecule has 0 radical (unpaired) electrons. The molecular formula is C16H16N2O7S. The van der Waals surface area contributed by atoms with Gasteiger partial charge in [-0.25, -0.2) is 17.5 Å². The monoisotopic (exact) mass is 380 g/mol. The predicted molar refractivity (Wildman–Crippen MR) is 92.9 cm³/mol. The summed E-state index contributed by atoms with van der Waals surface area (Å²) in [6.07, 6.45) is 0. The Morgan fingerprint density at radius 1 is 1.19 bits per heavy atom. The van der Waals surface area contributed by atoms with Gasteiger partial charge in [-0.2, -0.15) is 0 Å². The van der Waals surface area contributed by atoms with E-state index in [2.05, 4.69) is 0 Å². The van der Waals surface area contributed by atoms with Gasteiger partial charge in [0.1, 0.15) is 11.8 Å². The molecule has 0 aliphatic heterocycles. The molecule has 0 aromatic heterocycles. The Labute approximate surface area is 149 Å². The summed E-state index contributed by atoms with van der Waals surface area (Å²) in [4.78, 5) is 21.3. The van der Waals surface area contributed by atoms with Crippen LogP contribution in [-0.4, -0.2) is 37.6 Å². The number of hydrogen-bond acceptors (Lipinski definition) is 6. The quantitative estimate of drug-likeness (QED) is 0.576. The van der Waals surface area contributed by atoms with Crippen molar-refractivity contribution in [2.75, 3.05) is 11.4 Å². The van der Waals surface area contributed by atoms with Gasteiger partial charge in [-0.1, -0.05) is 24.3 Å². The number of nitro groups is 1. The van der Waals surface area contributed by atoms with E-state index in [9.17, 15) is 28.4 Å². The van der Waals surface area contributed by atoms with E-state index >= 15 is 0 Å². The highest BCUT2D eigenvalue weighted by Crippen LogP contribution is 2.36. The number of carboxylic acid groups (broad SMARTS) is 1. The van der Waals surface area contributed by atoms with Gasteiger partial charge in [-0.15, -0.1) is 0 Å². The molecular weight excluding hydrogens is 364 g/mol. The molecule has 0 fully saturated rings. The summed E-state index contributed by atoms with van der Waals surface area (Å²) in [5.74, 6) is -1.30. The smallest absolute Gasteiger partial charge is 0.327 e. The molecule has 0 aliphatic rings. The number of ether oxygens (including phenoxy) is 1. The van der Waals surface area contributed by atoms with Crippen molar-refractivity contribution in [1.82, 2.24) is 0 Å². The molecule has 9 nitrogen and oxygen atoms in total. The number of aliphatic carboxylic acids is 1. The number of nitrogens with zero attached hydrogens (tertiary/aromatic N) is 2. The summed E-state index contributed by atoms with van der Waals surface area (Å²) in [6.45, 7) is 1.17. The van der Waals surface area contributed by atoms with Gasteiger partial charge < -0.3 is 9.84 Å². The minimum Gasteiger partial charge on any atom is -0.495 e. The van der Waals surface area contributed by atoms with Crippen molar-refractivity contribution >= 4 is 27.4 Å². The minimum absolute atomic E-state index is 0.0388. The molecule has 1 unspecified atom stereocenters. The van der Waals surface area contributed by atoms with Gasteiger partial charge in [0.25, 0.3) is 15.7 Å².